The van der Waals surface area contributed by atoms with Crippen LogP contribution in [0.2, 0.25) is 0 Å². The molecular formula is C30H37N3O5S. The van der Waals surface area contributed by atoms with Crippen LogP contribution in [0.4, 0.5) is 5.69 Å². The quantitative estimate of drug-likeness (QED) is 0.342. The van der Waals surface area contributed by atoms with Gasteiger partial charge in [0, 0.05) is 13.1 Å². The van der Waals surface area contributed by atoms with Gasteiger partial charge in [0.2, 0.25) is 21.8 Å². The molecule has 0 radical (unpaired) electrons. The smallest absolute Gasteiger partial charge is 0.244 e. The third kappa shape index (κ3) is 8.58. The molecule has 0 aliphatic rings. The summed E-state index contributed by atoms with van der Waals surface area (Å²) in [5, 5.41) is 2.79. The number of hydrogen-bond donors (Lipinski definition) is 1. The van der Waals surface area contributed by atoms with E-state index in [4.69, 9.17) is 4.74 Å². The summed E-state index contributed by atoms with van der Waals surface area (Å²) in [6, 6.07) is 23.2. The van der Waals surface area contributed by atoms with Gasteiger partial charge in [0.1, 0.15) is 24.9 Å². The Hall–Kier alpha value is -3.85. The maximum atomic E-state index is 13.7. The van der Waals surface area contributed by atoms with Crippen molar-refractivity contribution in [3.05, 3.63) is 95.6 Å². The standard InChI is InChI=1S/C30H37N3O5S/c1-5-28(30(35)31-6-2)32(20-24-14-12-23(3)13-15-24)29(34)21-33(39(4,36)37)26-16-18-27(19-17-26)38-22-25-10-8-7-9-11-25/h7-19,28H,5-6,20-22H2,1-4H3,(H,31,35)/t28-/m0/s1. The molecule has 0 spiro atoms. The van der Waals surface area contributed by atoms with Crippen molar-refractivity contribution in [1.29, 1.82) is 0 Å². The Morgan fingerprint density at radius 2 is 1.54 bits per heavy atom. The van der Waals surface area contributed by atoms with Crippen LogP contribution in [0.25, 0.3) is 0 Å². The summed E-state index contributed by atoms with van der Waals surface area (Å²) in [4.78, 5) is 28.0. The summed E-state index contributed by atoms with van der Waals surface area (Å²) in [6.45, 7) is 6.16. The van der Waals surface area contributed by atoms with E-state index in [-0.39, 0.29) is 12.5 Å². The average molecular weight is 552 g/mol. The molecule has 1 N–H and O–H groups in total. The molecule has 0 saturated carbocycles. The minimum Gasteiger partial charge on any atom is -0.489 e. The van der Waals surface area contributed by atoms with Gasteiger partial charge in [-0.15, -0.1) is 0 Å². The first-order valence-electron chi connectivity index (χ1n) is 13.0. The van der Waals surface area contributed by atoms with Crippen molar-refractivity contribution in [3.63, 3.8) is 0 Å². The van der Waals surface area contributed by atoms with Gasteiger partial charge in [-0.3, -0.25) is 13.9 Å². The summed E-state index contributed by atoms with van der Waals surface area (Å²) < 4.78 is 32.5. The molecule has 39 heavy (non-hydrogen) atoms. The number of hydrogen-bond acceptors (Lipinski definition) is 5. The van der Waals surface area contributed by atoms with E-state index < -0.39 is 28.5 Å². The van der Waals surface area contributed by atoms with E-state index in [0.717, 1.165) is 27.3 Å². The molecule has 0 bridgehead atoms. The lowest BCUT2D eigenvalue weighted by Gasteiger charge is -2.32. The number of anilines is 1. The van der Waals surface area contributed by atoms with E-state index in [0.29, 0.717) is 31.0 Å². The van der Waals surface area contributed by atoms with E-state index in [1.807, 2.05) is 75.4 Å². The Morgan fingerprint density at radius 1 is 0.897 bits per heavy atom. The number of ether oxygens (including phenoxy) is 1. The maximum Gasteiger partial charge on any atom is 0.244 e. The second kappa shape index (κ2) is 13.8. The van der Waals surface area contributed by atoms with Crippen molar-refractivity contribution in [2.24, 2.45) is 0 Å². The Balaban J connectivity index is 1.83. The lowest BCUT2D eigenvalue weighted by Crippen LogP contribution is -2.52. The van der Waals surface area contributed by atoms with Crippen LogP contribution in [0.5, 0.6) is 5.75 Å². The molecule has 0 unspecified atom stereocenters. The number of carbonyl (C=O) groups is 2. The van der Waals surface area contributed by atoms with Crippen LogP contribution in [0.3, 0.4) is 0 Å². The largest absolute Gasteiger partial charge is 0.489 e. The number of amides is 2. The molecule has 0 heterocycles. The van der Waals surface area contributed by atoms with Gasteiger partial charge in [0.25, 0.3) is 0 Å². The van der Waals surface area contributed by atoms with Gasteiger partial charge in [-0.05, 0) is 55.7 Å². The monoisotopic (exact) mass is 551 g/mol. The highest BCUT2D eigenvalue weighted by atomic mass is 32.2. The van der Waals surface area contributed by atoms with Crippen LogP contribution in [0.15, 0.2) is 78.9 Å². The molecule has 0 fully saturated rings. The van der Waals surface area contributed by atoms with Crippen LogP contribution < -0.4 is 14.4 Å². The zero-order valence-corrected chi connectivity index (χ0v) is 23.8. The topological polar surface area (TPSA) is 96.0 Å². The number of aryl methyl sites for hydroxylation is 1. The fourth-order valence-electron chi connectivity index (χ4n) is 4.16. The average Bonchev–Trinajstić information content (AvgIpc) is 2.92. The molecule has 8 nitrogen and oxygen atoms in total. The van der Waals surface area contributed by atoms with Crippen molar-refractivity contribution < 1.29 is 22.7 Å². The Bertz CT molecular complexity index is 1330. The molecule has 3 aromatic rings. The van der Waals surface area contributed by atoms with E-state index in [9.17, 15) is 18.0 Å². The number of nitrogens with zero attached hydrogens (tertiary/aromatic N) is 2. The summed E-state index contributed by atoms with van der Waals surface area (Å²) in [5.41, 5.74) is 3.27. The second-order valence-corrected chi connectivity index (χ2v) is 11.3. The van der Waals surface area contributed by atoms with Gasteiger partial charge in [-0.1, -0.05) is 67.1 Å². The minimum absolute atomic E-state index is 0.179. The Labute approximate surface area is 231 Å². The van der Waals surface area contributed by atoms with Crippen molar-refractivity contribution in [2.75, 3.05) is 23.7 Å². The SMILES string of the molecule is CCNC(=O)[C@H](CC)N(Cc1ccc(C)cc1)C(=O)CN(c1ccc(OCc2ccccc2)cc1)S(C)(=O)=O. The number of carbonyl (C=O) groups excluding carboxylic acids is 2. The lowest BCUT2D eigenvalue weighted by molar-refractivity contribution is -0.140. The van der Waals surface area contributed by atoms with E-state index in [2.05, 4.69) is 5.32 Å². The summed E-state index contributed by atoms with van der Waals surface area (Å²) in [7, 11) is -3.81. The van der Waals surface area contributed by atoms with Crippen LogP contribution in [-0.4, -0.2) is 50.5 Å². The Kier molecular flexibility index (Phi) is 10.5. The van der Waals surface area contributed by atoms with Gasteiger partial charge >= 0.3 is 0 Å². The molecule has 0 aromatic heterocycles. The first kappa shape index (κ1) is 29.7. The predicted octanol–water partition coefficient (Wildman–Crippen LogP) is 4.28. The molecule has 2 amide bonds. The number of rotatable bonds is 13. The van der Waals surface area contributed by atoms with Gasteiger partial charge < -0.3 is 15.0 Å². The summed E-state index contributed by atoms with van der Waals surface area (Å²) >= 11 is 0. The van der Waals surface area contributed by atoms with Crippen molar-refractivity contribution in [2.45, 2.75) is 46.4 Å². The first-order chi connectivity index (χ1) is 18.6. The van der Waals surface area contributed by atoms with Gasteiger partial charge in [-0.2, -0.15) is 0 Å². The van der Waals surface area contributed by atoms with E-state index in [1.165, 1.54) is 4.90 Å². The number of nitrogens with one attached hydrogen (secondary N) is 1. The lowest BCUT2D eigenvalue weighted by atomic mass is 10.1. The molecule has 0 saturated heterocycles. The van der Waals surface area contributed by atoms with Crippen LogP contribution in [-0.2, 0) is 32.8 Å². The molecule has 3 aromatic carbocycles. The van der Waals surface area contributed by atoms with E-state index >= 15 is 0 Å². The number of likely N-dealkylation sites (N-methyl/N-ethyl adjacent to an activating group) is 1. The maximum absolute atomic E-state index is 13.7. The molecule has 0 aliphatic carbocycles. The van der Waals surface area contributed by atoms with Crippen molar-refractivity contribution in [3.8, 4) is 5.75 Å². The van der Waals surface area contributed by atoms with Crippen LogP contribution in [0.1, 0.15) is 37.0 Å². The van der Waals surface area contributed by atoms with Gasteiger partial charge in [0.15, 0.2) is 0 Å². The minimum atomic E-state index is -3.81. The highest BCUT2D eigenvalue weighted by Gasteiger charge is 2.31. The molecule has 208 valence electrons. The number of benzene rings is 3. The molecule has 9 heteroatoms. The highest BCUT2D eigenvalue weighted by Crippen LogP contribution is 2.23. The predicted molar refractivity (Wildman–Crippen MR) is 154 cm³/mol. The van der Waals surface area contributed by atoms with Crippen molar-refractivity contribution >= 4 is 27.5 Å². The summed E-state index contributed by atoms with van der Waals surface area (Å²) in [6.07, 6.45) is 1.45. The zero-order valence-electron chi connectivity index (χ0n) is 23.0. The van der Waals surface area contributed by atoms with Gasteiger partial charge in [-0.25, -0.2) is 8.42 Å². The van der Waals surface area contributed by atoms with Crippen LogP contribution >= 0.6 is 0 Å². The molecule has 3 rings (SSSR count). The normalized spacial score (nSPS) is 11.9. The van der Waals surface area contributed by atoms with Crippen molar-refractivity contribution in [1.82, 2.24) is 10.2 Å². The third-order valence-corrected chi connectivity index (χ3v) is 7.40. The zero-order chi connectivity index (χ0) is 28.4. The molecular weight excluding hydrogens is 514 g/mol. The first-order valence-corrected chi connectivity index (χ1v) is 14.8. The summed E-state index contributed by atoms with van der Waals surface area (Å²) in [5.74, 6) is -0.166. The fourth-order valence-corrected chi connectivity index (χ4v) is 5.01. The Morgan fingerprint density at radius 3 is 2.10 bits per heavy atom. The highest BCUT2D eigenvalue weighted by molar-refractivity contribution is 7.92. The van der Waals surface area contributed by atoms with Crippen LogP contribution in [0, 0.1) is 6.92 Å². The fraction of sp³-hybridized carbons (Fsp3) is 0.333. The molecule has 1 atom stereocenters. The van der Waals surface area contributed by atoms with Gasteiger partial charge in [0.05, 0.1) is 11.9 Å². The molecule has 0 aliphatic heterocycles. The third-order valence-electron chi connectivity index (χ3n) is 6.26. The number of sulfonamides is 1. The second-order valence-electron chi connectivity index (χ2n) is 9.36. The van der Waals surface area contributed by atoms with E-state index in [1.54, 1.807) is 24.3 Å².